The second-order valence-corrected chi connectivity index (χ2v) is 10.3. The summed E-state index contributed by atoms with van der Waals surface area (Å²) in [7, 11) is 1.68. The lowest BCUT2D eigenvalue weighted by molar-refractivity contribution is -0.215. The van der Waals surface area contributed by atoms with Crippen molar-refractivity contribution in [3.8, 4) is 0 Å². The fourth-order valence-corrected chi connectivity index (χ4v) is 5.74. The molecule has 2 N–H and O–H groups in total. The van der Waals surface area contributed by atoms with E-state index >= 15 is 0 Å². The first-order valence-corrected chi connectivity index (χ1v) is 12.0. The zero-order chi connectivity index (χ0) is 24.1. The molecule has 3 aliphatic rings. The van der Waals surface area contributed by atoms with E-state index in [4.69, 9.17) is 29.4 Å². The number of aromatic nitrogens is 3. The van der Waals surface area contributed by atoms with Crippen LogP contribution in [0.3, 0.4) is 0 Å². The Morgan fingerprint density at radius 3 is 2.68 bits per heavy atom. The molecule has 2 aliphatic heterocycles. The fraction of sp³-hybridized carbons (Fsp3) is 0.708. The molecule has 10 heteroatoms. The topological polar surface area (TPSA) is 119 Å². The van der Waals surface area contributed by atoms with Crippen molar-refractivity contribution in [2.45, 2.75) is 94.6 Å². The van der Waals surface area contributed by atoms with Crippen molar-refractivity contribution in [1.29, 1.82) is 0 Å². The lowest BCUT2D eigenvalue weighted by Crippen LogP contribution is -2.39. The predicted molar refractivity (Wildman–Crippen MR) is 122 cm³/mol. The van der Waals surface area contributed by atoms with E-state index in [1.54, 1.807) is 11.6 Å². The van der Waals surface area contributed by atoms with Crippen LogP contribution in [0.1, 0.15) is 65.0 Å². The molecule has 1 aliphatic carbocycles. The summed E-state index contributed by atoms with van der Waals surface area (Å²) in [4.78, 5) is 16.9. The van der Waals surface area contributed by atoms with E-state index in [1.165, 1.54) is 12.7 Å². The number of nitrogens with two attached hydrogens (primary N) is 1. The van der Waals surface area contributed by atoms with Crippen LogP contribution in [0.25, 0.3) is 5.52 Å². The van der Waals surface area contributed by atoms with Crippen LogP contribution < -0.4 is 5.73 Å². The van der Waals surface area contributed by atoms with Gasteiger partial charge < -0.3 is 29.4 Å². The third-order valence-electron chi connectivity index (χ3n) is 7.50. The fourth-order valence-electron chi connectivity index (χ4n) is 5.74. The minimum absolute atomic E-state index is 0.0647. The van der Waals surface area contributed by atoms with Gasteiger partial charge in [0.15, 0.2) is 11.6 Å². The van der Waals surface area contributed by atoms with Crippen LogP contribution in [0.5, 0.6) is 0 Å². The van der Waals surface area contributed by atoms with Crippen molar-refractivity contribution < 1.29 is 28.5 Å². The number of hydrogen-bond donors (Lipinski definition) is 1. The number of nitrogen functional groups attached to an aromatic ring is 1. The van der Waals surface area contributed by atoms with Crippen LogP contribution in [-0.4, -0.2) is 64.0 Å². The van der Waals surface area contributed by atoms with E-state index in [2.05, 4.69) is 10.1 Å². The molecule has 2 aromatic rings. The quantitative estimate of drug-likeness (QED) is 0.630. The van der Waals surface area contributed by atoms with Crippen molar-refractivity contribution in [2.75, 3.05) is 19.5 Å². The van der Waals surface area contributed by atoms with Gasteiger partial charge in [-0.2, -0.15) is 5.10 Å². The molecule has 4 atom stereocenters. The molecule has 2 saturated heterocycles. The first-order valence-electron chi connectivity index (χ1n) is 12.0. The lowest BCUT2D eigenvalue weighted by atomic mass is 9.82. The molecule has 3 fully saturated rings. The monoisotopic (exact) mass is 474 g/mol. The van der Waals surface area contributed by atoms with Gasteiger partial charge in [-0.25, -0.2) is 9.50 Å². The van der Waals surface area contributed by atoms with Crippen LogP contribution >= 0.6 is 0 Å². The van der Waals surface area contributed by atoms with Crippen molar-refractivity contribution >= 4 is 17.3 Å². The summed E-state index contributed by atoms with van der Waals surface area (Å²) < 4.78 is 32.2. The van der Waals surface area contributed by atoms with E-state index in [0.29, 0.717) is 11.3 Å². The molecular formula is C24H34N4O6. The number of methoxy groups -OCH3 is 1. The van der Waals surface area contributed by atoms with Crippen molar-refractivity contribution in [3.63, 3.8) is 0 Å². The Kier molecular flexibility index (Phi) is 5.83. The van der Waals surface area contributed by atoms with Gasteiger partial charge in [-0.15, -0.1) is 0 Å². The minimum Gasteiger partial charge on any atom is -0.463 e. The van der Waals surface area contributed by atoms with Crippen molar-refractivity contribution in [2.24, 2.45) is 0 Å². The SMILES string of the molecule is COC1(CC(=O)OC[C@H]2O[C@@](C)(c3ccc4c(N)ncnn34)[C@@H]3OC(C)(C)O[C@@H]32)CCCCC1. The first kappa shape index (κ1) is 23.5. The van der Waals surface area contributed by atoms with Gasteiger partial charge in [0, 0.05) is 7.11 Å². The smallest absolute Gasteiger partial charge is 0.308 e. The van der Waals surface area contributed by atoms with Gasteiger partial charge in [-0.3, -0.25) is 4.79 Å². The molecule has 2 aromatic heterocycles. The summed E-state index contributed by atoms with van der Waals surface area (Å²) in [6.07, 6.45) is 5.36. The molecular weight excluding hydrogens is 440 g/mol. The van der Waals surface area contributed by atoms with Crippen LogP contribution in [0.15, 0.2) is 18.5 Å². The van der Waals surface area contributed by atoms with Crippen LogP contribution in [0.4, 0.5) is 5.82 Å². The van der Waals surface area contributed by atoms with Crippen LogP contribution in [0.2, 0.25) is 0 Å². The van der Waals surface area contributed by atoms with E-state index in [1.807, 2.05) is 32.9 Å². The van der Waals surface area contributed by atoms with E-state index in [-0.39, 0.29) is 19.0 Å². The zero-order valence-electron chi connectivity index (χ0n) is 20.3. The standard InChI is InChI=1S/C24H34N4O6/c1-22(2)33-19-16(13-31-18(29)12-24(30-4)10-6-5-7-11-24)32-23(3,20(19)34-22)17-9-8-15-21(25)26-14-27-28(15)17/h8-9,14,16,19-20H,5-7,10-13H2,1-4H3,(H2,25,26,27)/t16-,19-,20-,23+/m1/s1. The molecule has 4 heterocycles. The Labute approximate surface area is 199 Å². The maximum absolute atomic E-state index is 12.8. The van der Waals surface area contributed by atoms with Gasteiger partial charge in [-0.1, -0.05) is 19.3 Å². The first-order chi connectivity index (χ1) is 16.2. The normalized spacial score (nSPS) is 32.1. The highest BCUT2D eigenvalue weighted by Gasteiger charge is 2.62. The molecule has 0 unspecified atom stereocenters. The third kappa shape index (κ3) is 3.96. The van der Waals surface area contributed by atoms with Crippen LogP contribution in [-0.2, 0) is 34.1 Å². The van der Waals surface area contributed by atoms with Gasteiger partial charge in [0.2, 0.25) is 0 Å². The minimum atomic E-state index is -0.903. The van der Waals surface area contributed by atoms with Gasteiger partial charge in [0.1, 0.15) is 42.4 Å². The summed E-state index contributed by atoms with van der Waals surface area (Å²) in [5, 5.41) is 4.37. The number of hydrogen-bond acceptors (Lipinski definition) is 9. The van der Waals surface area contributed by atoms with Crippen molar-refractivity contribution in [1.82, 2.24) is 14.6 Å². The molecule has 0 bridgehead atoms. The average Bonchev–Trinajstić information content (AvgIpc) is 3.45. The largest absolute Gasteiger partial charge is 0.463 e. The highest BCUT2D eigenvalue weighted by Crippen LogP contribution is 2.49. The Hall–Kier alpha value is -2.27. The Morgan fingerprint density at radius 2 is 1.94 bits per heavy atom. The van der Waals surface area contributed by atoms with E-state index in [0.717, 1.165) is 31.4 Å². The summed E-state index contributed by atoms with van der Waals surface area (Å²) in [6.45, 7) is 5.75. The summed E-state index contributed by atoms with van der Waals surface area (Å²) in [5.41, 5.74) is 6.15. The van der Waals surface area contributed by atoms with Gasteiger partial charge in [-0.05, 0) is 45.7 Å². The maximum atomic E-state index is 12.8. The van der Waals surface area contributed by atoms with E-state index in [9.17, 15) is 4.79 Å². The second kappa shape index (κ2) is 8.44. The van der Waals surface area contributed by atoms with E-state index < -0.39 is 35.3 Å². The number of ether oxygens (including phenoxy) is 5. The average molecular weight is 475 g/mol. The molecule has 10 nitrogen and oxygen atoms in total. The molecule has 34 heavy (non-hydrogen) atoms. The molecule has 0 aromatic carbocycles. The number of fused-ring (bicyclic) bond motifs is 2. The van der Waals surface area contributed by atoms with Crippen molar-refractivity contribution in [3.05, 3.63) is 24.2 Å². The number of esters is 1. The summed E-state index contributed by atoms with van der Waals surface area (Å²) in [6, 6.07) is 3.77. The molecule has 0 radical (unpaired) electrons. The lowest BCUT2D eigenvalue weighted by Gasteiger charge is -2.35. The number of nitrogens with zero attached hydrogens (tertiary/aromatic N) is 3. The highest BCUT2D eigenvalue weighted by molar-refractivity contribution is 5.70. The molecule has 1 saturated carbocycles. The van der Waals surface area contributed by atoms with Gasteiger partial charge in [0.25, 0.3) is 0 Å². The number of carbonyl (C=O) groups is 1. The Bertz CT molecular complexity index is 1060. The highest BCUT2D eigenvalue weighted by atomic mass is 16.8. The molecule has 0 amide bonds. The summed E-state index contributed by atoms with van der Waals surface area (Å²) in [5.74, 6) is -0.709. The number of anilines is 1. The maximum Gasteiger partial charge on any atom is 0.308 e. The van der Waals surface area contributed by atoms with Crippen LogP contribution in [0, 0.1) is 0 Å². The third-order valence-corrected chi connectivity index (χ3v) is 7.50. The number of rotatable bonds is 6. The second-order valence-electron chi connectivity index (χ2n) is 10.3. The van der Waals surface area contributed by atoms with Gasteiger partial charge >= 0.3 is 5.97 Å². The molecule has 186 valence electrons. The molecule has 0 spiro atoms. The Morgan fingerprint density at radius 1 is 1.18 bits per heavy atom. The number of carbonyl (C=O) groups excluding carboxylic acids is 1. The van der Waals surface area contributed by atoms with Gasteiger partial charge in [0.05, 0.1) is 17.7 Å². The summed E-state index contributed by atoms with van der Waals surface area (Å²) >= 11 is 0. The Balaban J connectivity index is 1.35. The predicted octanol–water partition coefficient (Wildman–Crippen LogP) is 2.73. The molecule has 5 rings (SSSR count). The zero-order valence-corrected chi connectivity index (χ0v) is 20.3.